The normalized spacial score (nSPS) is 24.5. The van der Waals surface area contributed by atoms with Crippen LogP contribution in [0.2, 0.25) is 0 Å². The molecule has 5 rings (SSSR count). The first kappa shape index (κ1) is 15.9. The number of aliphatic hydroxyl groups is 1. The summed E-state index contributed by atoms with van der Waals surface area (Å²) >= 11 is 0. The summed E-state index contributed by atoms with van der Waals surface area (Å²) < 4.78 is 37.1. The molecule has 26 heavy (non-hydrogen) atoms. The number of hydrogen-bond acceptors (Lipinski definition) is 9. The Morgan fingerprint density at radius 2 is 2.08 bits per heavy atom. The Balaban J connectivity index is 1.46. The van der Waals surface area contributed by atoms with Crippen LogP contribution in [-0.4, -0.2) is 51.4 Å². The molecule has 0 amide bonds. The first-order chi connectivity index (χ1) is 12.5. The molecule has 1 aliphatic heterocycles. The lowest BCUT2D eigenvalue weighted by atomic mass is 10.0. The molecule has 11 heteroatoms. The van der Waals surface area contributed by atoms with Gasteiger partial charge in [-0.15, -0.1) is 0 Å². The molecule has 2 aliphatic rings. The lowest BCUT2D eigenvalue weighted by Crippen LogP contribution is -2.34. The van der Waals surface area contributed by atoms with Crippen molar-refractivity contribution in [3.05, 3.63) is 29.9 Å². The molecule has 1 saturated carbocycles. The van der Waals surface area contributed by atoms with E-state index in [1.54, 1.807) is 12.1 Å². The Kier molecular flexibility index (Phi) is 3.24. The van der Waals surface area contributed by atoms with Gasteiger partial charge in [-0.05, 0) is 35.3 Å². The van der Waals surface area contributed by atoms with E-state index in [9.17, 15) is 13.5 Å². The summed E-state index contributed by atoms with van der Waals surface area (Å²) in [6.45, 7) is -0.0368. The second kappa shape index (κ2) is 5.32. The summed E-state index contributed by atoms with van der Waals surface area (Å²) in [6.07, 6.45) is 2.19. The minimum Gasteiger partial charge on any atom is -0.379 e. The van der Waals surface area contributed by atoms with Crippen molar-refractivity contribution in [3.63, 3.8) is 0 Å². The highest BCUT2D eigenvalue weighted by Crippen LogP contribution is 2.40. The molecule has 10 nitrogen and oxygen atoms in total. The van der Waals surface area contributed by atoms with Gasteiger partial charge in [0, 0.05) is 18.9 Å². The number of β-amino-alcohol motifs (C(OH)–C–C–N with tert-alkyl or cyclic N) is 1. The molecule has 1 atom stereocenters. The zero-order valence-electron chi connectivity index (χ0n) is 13.6. The lowest BCUT2D eigenvalue weighted by Gasteiger charge is -2.19. The molecule has 0 bridgehead atoms. The predicted molar refractivity (Wildman–Crippen MR) is 85.3 cm³/mol. The highest BCUT2D eigenvalue weighted by molar-refractivity contribution is 7.89. The van der Waals surface area contributed by atoms with Crippen molar-refractivity contribution in [2.75, 3.05) is 13.1 Å². The summed E-state index contributed by atoms with van der Waals surface area (Å²) in [5, 5.41) is 22.1. The van der Waals surface area contributed by atoms with Crippen LogP contribution in [0.3, 0.4) is 0 Å². The molecule has 1 unspecified atom stereocenters. The zero-order valence-corrected chi connectivity index (χ0v) is 14.4. The SMILES string of the molecule is O=S(=O)(c1cccc2nonc12)N1CCC(O)(c2nc(C3CC3)no2)C1. The zero-order chi connectivity index (χ0) is 17.9. The molecule has 2 fully saturated rings. The Labute approximate surface area is 147 Å². The van der Waals surface area contributed by atoms with Gasteiger partial charge in [0.05, 0.1) is 6.54 Å². The maximum absolute atomic E-state index is 13.0. The van der Waals surface area contributed by atoms with E-state index in [4.69, 9.17) is 4.52 Å². The highest BCUT2D eigenvalue weighted by Gasteiger charge is 2.47. The van der Waals surface area contributed by atoms with Gasteiger partial charge in [-0.3, -0.25) is 0 Å². The van der Waals surface area contributed by atoms with Gasteiger partial charge in [-0.2, -0.15) is 9.29 Å². The Hall–Kier alpha value is -2.37. The van der Waals surface area contributed by atoms with E-state index in [1.807, 2.05) is 0 Å². The number of hydrogen-bond donors (Lipinski definition) is 1. The Morgan fingerprint density at radius 3 is 2.88 bits per heavy atom. The monoisotopic (exact) mass is 377 g/mol. The van der Waals surface area contributed by atoms with Crippen LogP contribution in [0.15, 0.2) is 32.2 Å². The molecule has 1 aromatic carbocycles. The van der Waals surface area contributed by atoms with Gasteiger partial charge in [-0.1, -0.05) is 11.2 Å². The molecular formula is C15H15N5O5S. The second-order valence-corrected chi connectivity index (χ2v) is 8.65. The average Bonchev–Trinajstić information content (AvgIpc) is 3.05. The smallest absolute Gasteiger partial charge is 0.260 e. The molecule has 1 aliphatic carbocycles. The average molecular weight is 377 g/mol. The summed E-state index contributed by atoms with van der Waals surface area (Å²) in [6, 6.07) is 4.63. The molecule has 2 aromatic heterocycles. The molecule has 3 aromatic rings. The van der Waals surface area contributed by atoms with Crippen LogP contribution in [0.25, 0.3) is 11.0 Å². The topological polar surface area (TPSA) is 135 Å². The van der Waals surface area contributed by atoms with Crippen molar-refractivity contribution in [1.29, 1.82) is 0 Å². The Morgan fingerprint density at radius 1 is 1.23 bits per heavy atom. The fourth-order valence-electron chi connectivity index (χ4n) is 3.20. The molecule has 1 N–H and O–H groups in total. The molecule has 0 radical (unpaired) electrons. The quantitative estimate of drug-likeness (QED) is 0.699. The molecule has 136 valence electrons. The third kappa shape index (κ3) is 2.35. The third-order valence-electron chi connectivity index (χ3n) is 4.86. The predicted octanol–water partition coefficient (Wildman–Crippen LogP) is 0.765. The van der Waals surface area contributed by atoms with Gasteiger partial charge >= 0.3 is 0 Å². The van der Waals surface area contributed by atoms with Crippen LogP contribution in [0.5, 0.6) is 0 Å². The van der Waals surface area contributed by atoms with Crippen molar-refractivity contribution in [1.82, 2.24) is 24.8 Å². The van der Waals surface area contributed by atoms with Crippen molar-refractivity contribution >= 4 is 21.1 Å². The lowest BCUT2D eigenvalue weighted by molar-refractivity contribution is 0.0194. The summed E-state index contributed by atoms with van der Waals surface area (Å²) in [5.74, 6) is 0.932. The molecular weight excluding hydrogens is 362 g/mol. The van der Waals surface area contributed by atoms with E-state index >= 15 is 0 Å². The van der Waals surface area contributed by atoms with E-state index in [-0.39, 0.29) is 41.7 Å². The van der Waals surface area contributed by atoms with Crippen molar-refractivity contribution in [2.24, 2.45) is 0 Å². The van der Waals surface area contributed by atoms with Crippen LogP contribution in [0.1, 0.15) is 36.9 Å². The van der Waals surface area contributed by atoms with E-state index in [0.717, 1.165) is 12.8 Å². The van der Waals surface area contributed by atoms with Crippen LogP contribution >= 0.6 is 0 Å². The molecule has 1 saturated heterocycles. The highest BCUT2D eigenvalue weighted by atomic mass is 32.2. The fourth-order valence-corrected chi connectivity index (χ4v) is 4.83. The van der Waals surface area contributed by atoms with Crippen LogP contribution in [0, 0.1) is 0 Å². The maximum Gasteiger partial charge on any atom is 0.260 e. The summed E-state index contributed by atoms with van der Waals surface area (Å²) in [7, 11) is -3.89. The molecule has 0 spiro atoms. The van der Waals surface area contributed by atoms with Gasteiger partial charge in [0.2, 0.25) is 10.0 Å². The van der Waals surface area contributed by atoms with E-state index in [2.05, 4.69) is 25.1 Å². The number of nitrogens with zero attached hydrogens (tertiary/aromatic N) is 5. The van der Waals surface area contributed by atoms with Crippen LogP contribution in [-0.2, 0) is 15.6 Å². The number of fused-ring (bicyclic) bond motifs is 1. The molecule has 3 heterocycles. The van der Waals surface area contributed by atoms with E-state index in [0.29, 0.717) is 11.3 Å². The standard InChI is InChI=1S/C15H15N5O5S/c21-15(14-16-13(19-24-14)9-4-5-9)6-7-20(8-15)26(22,23)11-3-1-2-10-12(11)18-25-17-10/h1-3,9,21H,4-8H2. The minimum absolute atomic E-state index is 0.00954. The van der Waals surface area contributed by atoms with Crippen LogP contribution in [0.4, 0.5) is 0 Å². The number of sulfonamides is 1. The van der Waals surface area contributed by atoms with E-state index < -0.39 is 15.6 Å². The number of benzene rings is 1. The van der Waals surface area contributed by atoms with Crippen molar-refractivity contribution in [2.45, 2.75) is 35.7 Å². The van der Waals surface area contributed by atoms with Crippen molar-refractivity contribution in [3.8, 4) is 0 Å². The maximum atomic E-state index is 13.0. The van der Waals surface area contributed by atoms with Gasteiger partial charge < -0.3 is 9.63 Å². The van der Waals surface area contributed by atoms with Gasteiger partial charge in [-0.25, -0.2) is 13.0 Å². The second-order valence-electron chi connectivity index (χ2n) is 6.74. The summed E-state index contributed by atoms with van der Waals surface area (Å²) in [4.78, 5) is 4.26. The Bertz CT molecular complexity index is 1090. The first-order valence-corrected chi connectivity index (χ1v) is 9.69. The van der Waals surface area contributed by atoms with E-state index in [1.165, 1.54) is 10.4 Å². The summed E-state index contributed by atoms with van der Waals surface area (Å²) in [5.41, 5.74) is -0.980. The van der Waals surface area contributed by atoms with Gasteiger partial charge in [0.25, 0.3) is 5.89 Å². The largest absolute Gasteiger partial charge is 0.379 e. The third-order valence-corrected chi connectivity index (χ3v) is 6.74. The number of aromatic nitrogens is 4. The fraction of sp³-hybridized carbons (Fsp3) is 0.467. The van der Waals surface area contributed by atoms with Crippen LogP contribution < -0.4 is 0 Å². The number of rotatable bonds is 4. The van der Waals surface area contributed by atoms with Gasteiger partial charge in [0.1, 0.15) is 10.4 Å². The minimum atomic E-state index is -3.89. The van der Waals surface area contributed by atoms with Crippen molar-refractivity contribution < 1.29 is 22.7 Å². The first-order valence-electron chi connectivity index (χ1n) is 8.25. The van der Waals surface area contributed by atoms with Gasteiger partial charge in [0.15, 0.2) is 16.9 Å².